The maximum absolute atomic E-state index is 13.9. The number of hydrogen-bond donors (Lipinski definition) is 1. The Labute approximate surface area is 249 Å². The van der Waals surface area contributed by atoms with Crippen molar-refractivity contribution in [1.82, 2.24) is 10.2 Å². The summed E-state index contributed by atoms with van der Waals surface area (Å²) in [5.41, 5.74) is 0.0117. The van der Waals surface area contributed by atoms with E-state index >= 15 is 0 Å². The first kappa shape index (κ1) is 32.9. The van der Waals surface area contributed by atoms with Crippen LogP contribution in [0.5, 0.6) is 0 Å². The number of alkyl halides is 3. The van der Waals surface area contributed by atoms with E-state index in [1.807, 2.05) is 26.0 Å². The van der Waals surface area contributed by atoms with Crippen molar-refractivity contribution in [2.24, 2.45) is 0 Å². The van der Waals surface area contributed by atoms with Crippen molar-refractivity contribution < 1.29 is 31.2 Å². The van der Waals surface area contributed by atoms with Crippen molar-refractivity contribution in [3.63, 3.8) is 0 Å². The number of nitrogens with one attached hydrogen (secondary N) is 1. The molecule has 0 aliphatic carbocycles. The van der Waals surface area contributed by atoms with E-state index < -0.39 is 56.9 Å². The summed E-state index contributed by atoms with van der Waals surface area (Å²) in [6.45, 7) is 4.87. The third-order valence-corrected chi connectivity index (χ3v) is 8.74. The standard InChI is InChI=1S/C30H33ClF3N3O4S/c1-4-5-17-35-29(39)22(3)36(19-23-13-11-21(2)12-14-23)28(38)20-37(42(40,41)25-9-7-6-8-10-25)24-15-16-27(31)26(18-24)30(32,33)34/h6-16,18,22H,4-5,17,19-20H2,1-3H3,(H,35,39)/t22-/m0/s1. The van der Waals surface area contributed by atoms with Crippen LogP contribution in [0.25, 0.3) is 0 Å². The molecule has 0 aromatic heterocycles. The van der Waals surface area contributed by atoms with Gasteiger partial charge >= 0.3 is 6.18 Å². The third kappa shape index (κ3) is 8.25. The number of carbonyl (C=O) groups is 2. The van der Waals surface area contributed by atoms with Gasteiger partial charge in [-0.2, -0.15) is 13.2 Å². The Morgan fingerprint density at radius 1 is 1.00 bits per heavy atom. The third-order valence-electron chi connectivity index (χ3n) is 6.62. The fourth-order valence-electron chi connectivity index (χ4n) is 4.14. The van der Waals surface area contributed by atoms with Gasteiger partial charge in [0.25, 0.3) is 10.0 Å². The maximum atomic E-state index is 13.9. The van der Waals surface area contributed by atoms with E-state index in [-0.39, 0.29) is 11.4 Å². The van der Waals surface area contributed by atoms with Gasteiger partial charge in [0.1, 0.15) is 12.6 Å². The minimum Gasteiger partial charge on any atom is -0.354 e. The SMILES string of the molecule is CCCCNC(=O)[C@H](C)N(Cc1ccc(C)cc1)C(=O)CN(c1ccc(Cl)c(C(F)(F)F)c1)S(=O)(=O)c1ccccc1. The molecule has 2 amide bonds. The lowest BCUT2D eigenvalue weighted by Crippen LogP contribution is -2.51. The second kappa shape index (κ2) is 14.1. The fraction of sp³-hybridized carbons (Fsp3) is 0.333. The lowest BCUT2D eigenvalue weighted by atomic mass is 10.1. The summed E-state index contributed by atoms with van der Waals surface area (Å²) in [6.07, 6.45) is -3.30. The first-order valence-corrected chi connectivity index (χ1v) is 15.1. The van der Waals surface area contributed by atoms with Crippen molar-refractivity contribution in [2.45, 2.75) is 57.3 Å². The topological polar surface area (TPSA) is 86.8 Å². The summed E-state index contributed by atoms with van der Waals surface area (Å²) < 4.78 is 69.3. The molecule has 0 heterocycles. The average molecular weight is 624 g/mol. The molecule has 0 radical (unpaired) electrons. The van der Waals surface area contributed by atoms with E-state index in [1.165, 1.54) is 36.1 Å². The van der Waals surface area contributed by atoms with Gasteiger partial charge < -0.3 is 10.2 Å². The number of amides is 2. The molecule has 0 aliphatic heterocycles. The van der Waals surface area contributed by atoms with Gasteiger partial charge in [-0.25, -0.2) is 8.42 Å². The van der Waals surface area contributed by atoms with Crippen molar-refractivity contribution in [3.05, 3.63) is 94.5 Å². The average Bonchev–Trinajstić information content (AvgIpc) is 2.95. The van der Waals surface area contributed by atoms with Crippen LogP contribution in [0.3, 0.4) is 0 Å². The normalized spacial score (nSPS) is 12.5. The van der Waals surface area contributed by atoms with E-state index in [0.717, 1.165) is 30.5 Å². The predicted octanol–water partition coefficient (Wildman–Crippen LogP) is 6.20. The van der Waals surface area contributed by atoms with Gasteiger partial charge in [0.05, 0.1) is 21.2 Å². The molecule has 0 saturated carbocycles. The molecule has 0 bridgehead atoms. The number of hydrogen-bond acceptors (Lipinski definition) is 4. The summed E-state index contributed by atoms with van der Waals surface area (Å²) in [5.74, 6) is -1.22. The molecule has 0 fully saturated rings. The van der Waals surface area contributed by atoms with Crippen LogP contribution in [0.4, 0.5) is 18.9 Å². The molecule has 0 spiro atoms. The second-order valence-corrected chi connectivity index (χ2v) is 12.1. The van der Waals surface area contributed by atoms with Gasteiger partial charge in [0, 0.05) is 13.1 Å². The number of halogens is 4. The summed E-state index contributed by atoms with van der Waals surface area (Å²) in [7, 11) is -4.52. The lowest BCUT2D eigenvalue weighted by molar-refractivity contribution is -0.139. The molecule has 226 valence electrons. The zero-order valence-electron chi connectivity index (χ0n) is 23.5. The summed E-state index contributed by atoms with van der Waals surface area (Å²) >= 11 is 5.80. The van der Waals surface area contributed by atoms with E-state index in [4.69, 9.17) is 11.6 Å². The minimum atomic E-state index is -4.87. The molecule has 0 saturated heterocycles. The monoisotopic (exact) mass is 623 g/mol. The highest BCUT2D eigenvalue weighted by Crippen LogP contribution is 2.38. The van der Waals surface area contributed by atoms with E-state index in [9.17, 15) is 31.2 Å². The highest BCUT2D eigenvalue weighted by atomic mass is 35.5. The highest BCUT2D eigenvalue weighted by molar-refractivity contribution is 7.92. The zero-order valence-corrected chi connectivity index (χ0v) is 25.1. The molecule has 0 unspecified atom stereocenters. The van der Waals surface area contributed by atoms with Crippen LogP contribution in [0.2, 0.25) is 5.02 Å². The van der Waals surface area contributed by atoms with Gasteiger partial charge in [-0.1, -0.05) is 73.0 Å². The Morgan fingerprint density at radius 2 is 1.64 bits per heavy atom. The molecule has 42 heavy (non-hydrogen) atoms. The number of benzene rings is 3. The van der Waals surface area contributed by atoms with E-state index in [1.54, 1.807) is 18.2 Å². The second-order valence-electron chi connectivity index (χ2n) is 9.81. The first-order chi connectivity index (χ1) is 19.8. The lowest BCUT2D eigenvalue weighted by Gasteiger charge is -2.32. The first-order valence-electron chi connectivity index (χ1n) is 13.3. The molecule has 7 nitrogen and oxygen atoms in total. The van der Waals surface area contributed by atoms with Gasteiger partial charge in [0.15, 0.2) is 0 Å². The molecule has 12 heteroatoms. The minimum absolute atomic E-state index is 0.0326. The van der Waals surface area contributed by atoms with Crippen LogP contribution in [-0.2, 0) is 32.3 Å². The molecule has 3 rings (SSSR count). The molecular formula is C30H33ClF3N3O4S. The Kier molecular flexibility index (Phi) is 11.0. The van der Waals surface area contributed by atoms with Crippen molar-refractivity contribution in [2.75, 3.05) is 17.4 Å². The molecule has 1 N–H and O–H groups in total. The van der Waals surface area contributed by atoms with E-state index in [0.29, 0.717) is 22.5 Å². The molecule has 1 atom stereocenters. The predicted molar refractivity (Wildman–Crippen MR) is 157 cm³/mol. The number of rotatable bonds is 12. The van der Waals surface area contributed by atoms with E-state index in [2.05, 4.69) is 5.32 Å². The van der Waals surface area contributed by atoms with Gasteiger partial charge in [-0.05, 0) is 56.2 Å². The van der Waals surface area contributed by atoms with Crippen LogP contribution in [0.15, 0.2) is 77.7 Å². The Morgan fingerprint density at radius 3 is 2.24 bits per heavy atom. The van der Waals surface area contributed by atoms with Gasteiger partial charge in [0.2, 0.25) is 11.8 Å². The number of anilines is 1. The number of unbranched alkanes of at least 4 members (excludes halogenated alkanes) is 1. The summed E-state index contributed by atoms with van der Waals surface area (Å²) in [4.78, 5) is 27.9. The summed E-state index contributed by atoms with van der Waals surface area (Å²) in [5, 5.41) is 2.16. The van der Waals surface area contributed by atoms with Crippen LogP contribution < -0.4 is 9.62 Å². The number of sulfonamides is 1. The summed E-state index contributed by atoms with van der Waals surface area (Å²) in [6, 6.07) is 15.9. The maximum Gasteiger partial charge on any atom is 0.417 e. The van der Waals surface area contributed by atoms with Crippen LogP contribution in [0.1, 0.15) is 43.4 Å². The van der Waals surface area contributed by atoms with Crippen LogP contribution >= 0.6 is 11.6 Å². The Hall–Kier alpha value is -3.57. The largest absolute Gasteiger partial charge is 0.417 e. The number of nitrogens with zero attached hydrogens (tertiary/aromatic N) is 2. The van der Waals surface area contributed by atoms with Crippen LogP contribution in [0, 0.1) is 6.92 Å². The van der Waals surface area contributed by atoms with Crippen molar-refractivity contribution in [3.8, 4) is 0 Å². The van der Waals surface area contributed by atoms with Crippen molar-refractivity contribution in [1.29, 1.82) is 0 Å². The van der Waals surface area contributed by atoms with Crippen LogP contribution in [-0.4, -0.2) is 44.3 Å². The number of carbonyl (C=O) groups excluding carboxylic acids is 2. The number of aryl methyl sites for hydroxylation is 1. The van der Waals surface area contributed by atoms with Crippen molar-refractivity contribution >= 4 is 39.1 Å². The van der Waals surface area contributed by atoms with Gasteiger partial charge in [-0.3, -0.25) is 13.9 Å². The molecule has 0 aliphatic rings. The smallest absolute Gasteiger partial charge is 0.354 e. The Balaban J connectivity index is 2.07. The fourth-order valence-corrected chi connectivity index (χ4v) is 5.79. The molecule has 3 aromatic rings. The zero-order chi connectivity index (χ0) is 31.1. The van der Waals surface area contributed by atoms with Gasteiger partial charge in [-0.15, -0.1) is 0 Å². The Bertz CT molecular complexity index is 1480. The highest BCUT2D eigenvalue weighted by Gasteiger charge is 2.37. The molecule has 3 aromatic carbocycles. The molecular weight excluding hydrogens is 591 g/mol. The quantitative estimate of drug-likeness (QED) is 0.244.